The predicted molar refractivity (Wildman–Crippen MR) is 96.1 cm³/mol. The quantitative estimate of drug-likeness (QED) is 0.884. The van der Waals surface area contributed by atoms with Crippen LogP contribution in [0.3, 0.4) is 0 Å². The summed E-state index contributed by atoms with van der Waals surface area (Å²) < 4.78 is 27.9. The summed E-state index contributed by atoms with van der Waals surface area (Å²) in [5, 5.41) is 3.35. The van der Waals surface area contributed by atoms with Gasteiger partial charge >= 0.3 is 0 Å². The molecule has 0 atom stereocenters. The van der Waals surface area contributed by atoms with Crippen LogP contribution in [0.5, 0.6) is 0 Å². The lowest BCUT2D eigenvalue weighted by atomic mass is 10.2. The van der Waals surface area contributed by atoms with Crippen molar-refractivity contribution in [1.82, 2.24) is 10.2 Å². The van der Waals surface area contributed by atoms with E-state index in [0.717, 1.165) is 5.56 Å². The van der Waals surface area contributed by atoms with E-state index < -0.39 is 10.0 Å². The third-order valence-corrected chi connectivity index (χ3v) is 5.48. The third-order valence-electron chi connectivity index (χ3n) is 3.79. The molecule has 25 heavy (non-hydrogen) atoms. The number of amides is 1. The molecule has 1 aliphatic rings. The number of carbonyl (C=O) groups is 1. The van der Waals surface area contributed by atoms with E-state index in [1.165, 1.54) is 11.0 Å². The number of nitrogens with zero attached hydrogens (tertiary/aromatic N) is 2. The number of nitrogens with one attached hydrogen (secondary N) is 1. The molecule has 0 fully saturated rings. The lowest BCUT2D eigenvalue weighted by Gasteiger charge is -2.18. The fourth-order valence-electron chi connectivity index (χ4n) is 2.55. The van der Waals surface area contributed by atoms with Crippen LogP contribution in [0.15, 0.2) is 57.8 Å². The van der Waals surface area contributed by atoms with Crippen LogP contribution in [0.25, 0.3) is 0 Å². The van der Waals surface area contributed by atoms with Crippen LogP contribution in [0, 0.1) is 0 Å². The van der Waals surface area contributed by atoms with Crippen LogP contribution in [0.4, 0.5) is 0 Å². The van der Waals surface area contributed by atoms with Gasteiger partial charge in [0.05, 0.1) is 6.54 Å². The summed E-state index contributed by atoms with van der Waals surface area (Å²) in [7, 11) is -2.07. The van der Waals surface area contributed by atoms with Crippen LogP contribution >= 0.6 is 11.6 Å². The third kappa shape index (κ3) is 3.67. The van der Waals surface area contributed by atoms with Gasteiger partial charge in [0.2, 0.25) is 5.91 Å². The molecule has 0 saturated carbocycles. The minimum atomic E-state index is -3.70. The topological polar surface area (TPSA) is 78.8 Å². The molecule has 8 heteroatoms. The molecule has 0 aliphatic carbocycles. The number of halogens is 1. The second kappa shape index (κ2) is 6.85. The van der Waals surface area contributed by atoms with Crippen molar-refractivity contribution in [1.29, 1.82) is 0 Å². The van der Waals surface area contributed by atoms with Gasteiger partial charge in [-0.25, -0.2) is 0 Å². The van der Waals surface area contributed by atoms with Crippen LogP contribution < -0.4 is 5.32 Å². The highest BCUT2D eigenvalue weighted by Gasteiger charge is 2.30. The van der Waals surface area contributed by atoms with Crippen LogP contribution in [-0.2, 0) is 21.4 Å². The van der Waals surface area contributed by atoms with E-state index in [9.17, 15) is 13.2 Å². The Balaban J connectivity index is 1.68. The summed E-state index contributed by atoms with van der Waals surface area (Å²) >= 11 is 6.06. The molecule has 1 N–H and O–H groups in total. The zero-order valence-corrected chi connectivity index (χ0v) is 15.0. The van der Waals surface area contributed by atoms with Gasteiger partial charge < -0.3 is 10.2 Å². The number of rotatable bonds is 4. The van der Waals surface area contributed by atoms with Gasteiger partial charge in [0.25, 0.3) is 10.0 Å². The van der Waals surface area contributed by atoms with E-state index in [1.54, 1.807) is 31.3 Å². The fraction of sp³-hybridized carbons (Fsp3) is 0.176. The Hall–Kier alpha value is -2.38. The SMILES string of the molecule is CN(CC(=O)NCc1ccccc1Cl)C1=NS(=O)(=O)c2ccccc21. The summed E-state index contributed by atoms with van der Waals surface area (Å²) in [6.45, 7) is 0.279. The number of fused-ring (bicyclic) bond motifs is 1. The fourth-order valence-corrected chi connectivity index (χ4v) is 4.00. The Morgan fingerprint density at radius 2 is 1.84 bits per heavy atom. The summed E-state index contributed by atoms with van der Waals surface area (Å²) in [5.41, 5.74) is 1.32. The molecule has 3 rings (SSSR count). The maximum atomic E-state index is 12.2. The average molecular weight is 378 g/mol. The summed E-state index contributed by atoms with van der Waals surface area (Å²) in [4.78, 5) is 13.8. The summed E-state index contributed by atoms with van der Waals surface area (Å²) in [5.74, 6) is 0.00962. The highest BCUT2D eigenvalue weighted by molar-refractivity contribution is 7.90. The molecular formula is C17H16ClN3O3S. The average Bonchev–Trinajstić information content (AvgIpc) is 2.86. The summed E-state index contributed by atoms with van der Waals surface area (Å²) in [6.07, 6.45) is 0. The maximum absolute atomic E-state index is 12.2. The van der Waals surface area contributed by atoms with E-state index in [-0.39, 0.29) is 23.2 Å². The van der Waals surface area contributed by atoms with Crippen molar-refractivity contribution < 1.29 is 13.2 Å². The standard InChI is InChI=1S/C17H16ClN3O3S/c1-21(11-16(22)19-10-12-6-2-4-8-14(12)18)17-13-7-3-5-9-15(13)25(23,24)20-17/h2-9H,10-11H2,1H3,(H,19,22). The zero-order valence-electron chi connectivity index (χ0n) is 13.4. The maximum Gasteiger partial charge on any atom is 0.285 e. The molecule has 0 spiro atoms. The molecule has 2 aromatic rings. The number of likely N-dealkylation sites (N-methyl/N-ethyl adjacent to an activating group) is 1. The van der Waals surface area contributed by atoms with Gasteiger partial charge in [0.15, 0.2) is 5.84 Å². The Labute approximate surface area is 151 Å². The molecule has 1 heterocycles. The number of amidine groups is 1. The van der Waals surface area contributed by atoms with Gasteiger partial charge in [0.1, 0.15) is 4.90 Å². The Kier molecular flexibility index (Phi) is 4.78. The zero-order chi connectivity index (χ0) is 18.0. The van der Waals surface area contributed by atoms with E-state index in [1.807, 2.05) is 18.2 Å². The van der Waals surface area contributed by atoms with Crippen LogP contribution in [0.1, 0.15) is 11.1 Å². The van der Waals surface area contributed by atoms with Crippen molar-refractivity contribution in [3.05, 3.63) is 64.7 Å². The Morgan fingerprint density at radius 1 is 1.16 bits per heavy atom. The Morgan fingerprint density at radius 3 is 2.60 bits per heavy atom. The van der Waals surface area contributed by atoms with Crippen molar-refractivity contribution in [2.45, 2.75) is 11.4 Å². The molecule has 6 nitrogen and oxygen atoms in total. The van der Waals surface area contributed by atoms with E-state index in [4.69, 9.17) is 11.6 Å². The second-order valence-corrected chi connectivity index (χ2v) is 7.59. The first-order valence-corrected chi connectivity index (χ1v) is 9.36. The first-order chi connectivity index (χ1) is 11.9. The molecule has 1 amide bonds. The van der Waals surface area contributed by atoms with Gasteiger partial charge in [-0.3, -0.25) is 4.79 Å². The number of hydrogen-bond donors (Lipinski definition) is 1. The molecule has 130 valence electrons. The second-order valence-electron chi connectivity index (χ2n) is 5.61. The van der Waals surface area contributed by atoms with Gasteiger partial charge in [-0.1, -0.05) is 41.9 Å². The minimum Gasteiger partial charge on any atom is -0.350 e. The lowest BCUT2D eigenvalue weighted by Crippen LogP contribution is -2.38. The number of hydrogen-bond acceptors (Lipinski definition) is 4. The molecule has 1 aliphatic heterocycles. The van der Waals surface area contributed by atoms with Crippen LogP contribution in [0.2, 0.25) is 5.02 Å². The van der Waals surface area contributed by atoms with Crippen molar-refractivity contribution in [3.63, 3.8) is 0 Å². The van der Waals surface area contributed by atoms with Gasteiger partial charge in [-0.2, -0.15) is 8.42 Å². The molecule has 0 unspecified atom stereocenters. The molecule has 0 aromatic heterocycles. The van der Waals surface area contributed by atoms with Crippen molar-refractivity contribution in [2.75, 3.05) is 13.6 Å². The van der Waals surface area contributed by atoms with Gasteiger partial charge in [-0.05, 0) is 23.8 Å². The van der Waals surface area contributed by atoms with E-state index in [0.29, 0.717) is 17.1 Å². The monoisotopic (exact) mass is 377 g/mol. The van der Waals surface area contributed by atoms with Gasteiger partial charge in [-0.15, -0.1) is 4.40 Å². The molecule has 0 bridgehead atoms. The predicted octanol–water partition coefficient (Wildman–Crippen LogP) is 2.04. The van der Waals surface area contributed by atoms with Crippen molar-refractivity contribution in [2.24, 2.45) is 4.40 Å². The first kappa shape index (κ1) is 17.4. The molecule has 0 radical (unpaired) electrons. The van der Waals surface area contributed by atoms with Crippen molar-refractivity contribution in [3.8, 4) is 0 Å². The highest BCUT2D eigenvalue weighted by Crippen LogP contribution is 2.26. The van der Waals surface area contributed by atoms with Crippen LogP contribution in [-0.4, -0.2) is 38.7 Å². The molecular weight excluding hydrogens is 362 g/mol. The minimum absolute atomic E-state index is 0.0207. The van der Waals surface area contributed by atoms with E-state index >= 15 is 0 Å². The summed E-state index contributed by atoms with van der Waals surface area (Å²) in [6, 6.07) is 13.8. The lowest BCUT2D eigenvalue weighted by molar-refractivity contribution is -0.121. The smallest absolute Gasteiger partial charge is 0.285 e. The molecule has 0 saturated heterocycles. The van der Waals surface area contributed by atoms with Gasteiger partial charge in [0, 0.05) is 24.2 Å². The largest absolute Gasteiger partial charge is 0.350 e. The van der Waals surface area contributed by atoms with Crippen molar-refractivity contribution >= 4 is 33.4 Å². The first-order valence-electron chi connectivity index (χ1n) is 7.54. The number of sulfonamides is 1. The van der Waals surface area contributed by atoms with E-state index in [2.05, 4.69) is 9.71 Å². The normalized spacial score (nSPS) is 14.6. The number of carbonyl (C=O) groups excluding carboxylic acids is 1. The number of benzene rings is 2. The Bertz CT molecular complexity index is 957. The molecule has 2 aromatic carbocycles. The highest BCUT2D eigenvalue weighted by atomic mass is 35.5.